The summed E-state index contributed by atoms with van der Waals surface area (Å²) in [5, 5.41) is 2.91. The minimum Gasteiger partial charge on any atom is -0.352 e. The van der Waals surface area contributed by atoms with Crippen molar-refractivity contribution in [3.8, 4) is 0 Å². The molecule has 2 aromatic carbocycles. The van der Waals surface area contributed by atoms with E-state index in [1.807, 2.05) is 50.2 Å². The van der Waals surface area contributed by atoms with E-state index in [-0.39, 0.29) is 17.9 Å². The monoisotopic (exact) mass is 398 g/mol. The Hall–Kier alpha value is -2.27. The predicted molar refractivity (Wildman–Crippen MR) is 117 cm³/mol. The molecule has 2 aromatic rings. The minimum atomic E-state index is -0.519. The summed E-state index contributed by atoms with van der Waals surface area (Å²) >= 11 is 1.58. The summed E-state index contributed by atoms with van der Waals surface area (Å²) in [5.74, 6) is 0.982. The fourth-order valence-corrected chi connectivity index (χ4v) is 3.77. The van der Waals surface area contributed by atoms with Crippen molar-refractivity contribution < 1.29 is 9.59 Å². The summed E-state index contributed by atoms with van der Waals surface area (Å²) < 4.78 is 0. The van der Waals surface area contributed by atoms with Crippen LogP contribution in [0.1, 0.15) is 37.5 Å². The van der Waals surface area contributed by atoms with Crippen molar-refractivity contribution in [1.82, 2.24) is 10.2 Å². The van der Waals surface area contributed by atoms with Gasteiger partial charge in [-0.15, -0.1) is 11.8 Å². The van der Waals surface area contributed by atoms with Crippen molar-refractivity contribution in [3.63, 3.8) is 0 Å². The van der Waals surface area contributed by atoms with Crippen LogP contribution < -0.4 is 5.32 Å². The Morgan fingerprint density at radius 2 is 1.68 bits per heavy atom. The lowest BCUT2D eigenvalue weighted by Gasteiger charge is -2.29. The van der Waals surface area contributed by atoms with Gasteiger partial charge < -0.3 is 10.2 Å². The van der Waals surface area contributed by atoms with Gasteiger partial charge in [-0.2, -0.15) is 0 Å². The molecule has 0 fully saturated rings. The average molecular weight is 399 g/mol. The number of thioether (sulfide) groups is 1. The topological polar surface area (TPSA) is 49.4 Å². The van der Waals surface area contributed by atoms with E-state index >= 15 is 0 Å². The summed E-state index contributed by atoms with van der Waals surface area (Å²) in [6, 6.07) is 17.6. The summed E-state index contributed by atoms with van der Waals surface area (Å²) in [6.07, 6.45) is 0. The number of hydrogen-bond donors (Lipinski definition) is 1. The van der Waals surface area contributed by atoms with Gasteiger partial charge in [0.1, 0.15) is 6.04 Å². The molecule has 2 amide bonds. The number of nitrogens with one attached hydrogen (secondary N) is 1. The van der Waals surface area contributed by atoms with Crippen LogP contribution in [0.3, 0.4) is 0 Å². The zero-order chi connectivity index (χ0) is 20.5. The molecule has 1 N–H and O–H groups in total. The first-order valence-electron chi connectivity index (χ1n) is 9.64. The van der Waals surface area contributed by atoms with Crippen LogP contribution in [0.25, 0.3) is 0 Å². The van der Waals surface area contributed by atoms with Crippen molar-refractivity contribution in [1.29, 1.82) is 0 Å². The van der Waals surface area contributed by atoms with Crippen LogP contribution in [0.5, 0.6) is 0 Å². The smallest absolute Gasteiger partial charge is 0.242 e. The van der Waals surface area contributed by atoms with Crippen LogP contribution in [-0.4, -0.2) is 34.6 Å². The molecule has 0 bridgehead atoms. The van der Waals surface area contributed by atoms with Gasteiger partial charge in [0, 0.05) is 18.3 Å². The van der Waals surface area contributed by atoms with Crippen LogP contribution in [0.4, 0.5) is 0 Å². The van der Waals surface area contributed by atoms with Gasteiger partial charge in [0.2, 0.25) is 11.8 Å². The standard InChI is InChI=1S/C23H30N2O2S/c1-17(2)24-23(27)19(4)25(14-20-10-6-5-7-11-20)22(26)16-28-15-21-12-8-9-18(3)13-21/h5-13,17,19H,14-16H2,1-4H3,(H,24,27)/t19-/m1/s1. The Kier molecular flexibility index (Phi) is 8.58. The average Bonchev–Trinajstić information content (AvgIpc) is 2.66. The molecule has 0 aliphatic carbocycles. The molecule has 150 valence electrons. The van der Waals surface area contributed by atoms with E-state index in [0.29, 0.717) is 12.3 Å². The van der Waals surface area contributed by atoms with Gasteiger partial charge in [-0.1, -0.05) is 60.2 Å². The molecule has 0 saturated heterocycles. The first-order valence-corrected chi connectivity index (χ1v) is 10.8. The van der Waals surface area contributed by atoms with E-state index < -0.39 is 6.04 Å². The highest BCUT2D eigenvalue weighted by molar-refractivity contribution is 7.99. The van der Waals surface area contributed by atoms with Crippen LogP contribution in [0, 0.1) is 6.92 Å². The summed E-state index contributed by atoms with van der Waals surface area (Å²) in [6.45, 7) is 8.13. The SMILES string of the molecule is Cc1cccc(CSCC(=O)N(Cc2ccccc2)[C@H](C)C(=O)NC(C)C)c1. The number of aryl methyl sites for hydroxylation is 1. The Morgan fingerprint density at radius 3 is 2.32 bits per heavy atom. The zero-order valence-corrected chi connectivity index (χ0v) is 18.0. The number of amides is 2. The third kappa shape index (κ3) is 7.04. The van der Waals surface area contributed by atoms with Gasteiger partial charge in [0.05, 0.1) is 5.75 Å². The second kappa shape index (κ2) is 10.9. The molecule has 0 saturated carbocycles. The van der Waals surface area contributed by atoms with Crippen molar-refractivity contribution in [2.75, 3.05) is 5.75 Å². The third-order valence-corrected chi connectivity index (χ3v) is 5.36. The lowest BCUT2D eigenvalue weighted by molar-refractivity contribution is -0.138. The normalized spacial score (nSPS) is 11.9. The molecular weight excluding hydrogens is 368 g/mol. The third-order valence-electron chi connectivity index (χ3n) is 4.37. The first kappa shape index (κ1) is 22.0. The molecule has 0 aliphatic rings. The highest BCUT2D eigenvalue weighted by Crippen LogP contribution is 2.16. The molecule has 0 aliphatic heterocycles. The molecular formula is C23H30N2O2S. The minimum absolute atomic E-state index is 0.0205. The lowest BCUT2D eigenvalue weighted by atomic mass is 10.1. The second-order valence-electron chi connectivity index (χ2n) is 7.33. The maximum absolute atomic E-state index is 13.0. The number of carbonyl (C=O) groups is 2. The summed E-state index contributed by atoms with van der Waals surface area (Å²) in [5.41, 5.74) is 3.44. The number of carbonyl (C=O) groups excluding carboxylic acids is 2. The van der Waals surface area contributed by atoms with Crippen molar-refractivity contribution >= 4 is 23.6 Å². The Morgan fingerprint density at radius 1 is 1.00 bits per heavy atom. The Labute approximate surface area is 172 Å². The van der Waals surface area contributed by atoms with E-state index in [0.717, 1.165) is 11.3 Å². The molecule has 28 heavy (non-hydrogen) atoms. The highest BCUT2D eigenvalue weighted by atomic mass is 32.2. The van der Waals surface area contributed by atoms with Crippen LogP contribution in [0.2, 0.25) is 0 Å². The van der Waals surface area contributed by atoms with E-state index in [1.165, 1.54) is 11.1 Å². The zero-order valence-electron chi connectivity index (χ0n) is 17.1. The fourth-order valence-electron chi connectivity index (χ4n) is 2.91. The maximum atomic E-state index is 13.0. The van der Waals surface area contributed by atoms with E-state index in [4.69, 9.17) is 0 Å². The van der Waals surface area contributed by atoms with Crippen LogP contribution in [-0.2, 0) is 21.9 Å². The Balaban J connectivity index is 2.03. The van der Waals surface area contributed by atoms with Crippen molar-refractivity contribution in [2.45, 2.75) is 52.1 Å². The largest absolute Gasteiger partial charge is 0.352 e. The van der Waals surface area contributed by atoms with Gasteiger partial charge in [-0.05, 0) is 38.8 Å². The number of hydrogen-bond acceptors (Lipinski definition) is 3. The Bertz CT molecular complexity index is 777. The summed E-state index contributed by atoms with van der Waals surface area (Å²) in [7, 11) is 0. The fraction of sp³-hybridized carbons (Fsp3) is 0.391. The molecule has 0 spiro atoms. The molecule has 5 heteroatoms. The maximum Gasteiger partial charge on any atom is 0.242 e. The molecule has 0 heterocycles. The number of nitrogens with zero attached hydrogens (tertiary/aromatic N) is 1. The lowest BCUT2D eigenvalue weighted by Crippen LogP contribution is -2.49. The highest BCUT2D eigenvalue weighted by Gasteiger charge is 2.26. The molecule has 0 aromatic heterocycles. The number of rotatable bonds is 9. The second-order valence-corrected chi connectivity index (χ2v) is 8.31. The first-order chi connectivity index (χ1) is 13.4. The van der Waals surface area contributed by atoms with Gasteiger partial charge in [0.15, 0.2) is 0 Å². The molecule has 2 rings (SSSR count). The van der Waals surface area contributed by atoms with Crippen LogP contribution >= 0.6 is 11.8 Å². The van der Waals surface area contributed by atoms with Gasteiger partial charge >= 0.3 is 0 Å². The molecule has 0 unspecified atom stereocenters. The van der Waals surface area contributed by atoms with E-state index in [2.05, 4.69) is 30.4 Å². The van der Waals surface area contributed by atoms with Crippen molar-refractivity contribution in [2.24, 2.45) is 0 Å². The van der Waals surface area contributed by atoms with E-state index in [1.54, 1.807) is 23.6 Å². The van der Waals surface area contributed by atoms with Crippen molar-refractivity contribution in [3.05, 3.63) is 71.3 Å². The molecule has 4 nitrogen and oxygen atoms in total. The number of benzene rings is 2. The molecule has 1 atom stereocenters. The van der Waals surface area contributed by atoms with Crippen LogP contribution in [0.15, 0.2) is 54.6 Å². The predicted octanol–water partition coefficient (Wildman–Crippen LogP) is 4.17. The van der Waals surface area contributed by atoms with Gasteiger partial charge in [-0.25, -0.2) is 0 Å². The van der Waals surface area contributed by atoms with Gasteiger partial charge in [0.25, 0.3) is 0 Å². The van der Waals surface area contributed by atoms with Gasteiger partial charge in [-0.3, -0.25) is 9.59 Å². The molecule has 0 radical (unpaired) electrons. The quantitative estimate of drug-likeness (QED) is 0.690. The summed E-state index contributed by atoms with van der Waals surface area (Å²) in [4.78, 5) is 27.1. The van der Waals surface area contributed by atoms with E-state index in [9.17, 15) is 9.59 Å².